The summed E-state index contributed by atoms with van der Waals surface area (Å²) in [5.74, 6) is -0.0580. The first-order chi connectivity index (χ1) is 7.31. The van der Waals surface area contributed by atoms with Gasteiger partial charge in [0.25, 0.3) is 0 Å². The van der Waals surface area contributed by atoms with E-state index in [1.807, 2.05) is 12.1 Å². The van der Waals surface area contributed by atoms with Crippen molar-refractivity contribution in [2.75, 3.05) is 13.1 Å². The molecule has 1 aromatic rings. The van der Waals surface area contributed by atoms with Gasteiger partial charge in [-0.25, -0.2) is 4.39 Å². The second kappa shape index (κ2) is 4.73. The summed E-state index contributed by atoms with van der Waals surface area (Å²) in [5.41, 5.74) is 6.40. The highest BCUT2D eigenvalue weighted by atomic mass is 19.1. The highest BCUT2D eigenvalue weighted by molar-refractivity contribution is 5.22. The van der Waals surface area contributed by atoms with E-state index in [2.05, 4.69) is 5.32 Å². The van der Waals surface area contributed by atoms with E-state index < -0.39 is 0 Å². The van der Waals surface area contributed by atoms with E-state index in [4.69, 9.17) is 5.73 Å². The van der Waals surface area contributed by atoms with Gasteiger partial charge in [0.2, 0.25) is 0 Å². The fourth-order valence-electron chi connectivity index (χ4n) is 1.72. The van der Waals surface area contributed by atoms with Crippen LogP contribution in [0.25, 0.3) is 0 Å². The third-order valence-corrected chi connectivity index (χ3v) is 2.86. The van der Waals surface area contributed by atoms with Crippen molar-refractivity contribution in [3.8, 4) is 0 Å². The Balaban J connectivity index is 2.00. The predicted octanol–water partition coefficient (Wildman–Crippen LogP) is 1.62. The van der Waals surface area contributed by atoms with Crippen molar-refractivity contribution in [1.29, 1.82) is 0 Å². The summed E-state index contributed by atoms with van der Waals surface area (Å²) in [6.45, 7) is 1.27. The van der Waals surface area contributed by atoms with E-state index in [1.165, 1.54) is 18.9 Å². The van der Waals surface area contributed by atoms with Crippen molar-refractivity contribution in [3.05, 3.63) is 35.6 Å². The molecule has 1 aliphatic rings. The Labute approximate surface area is 89.7 Å². The first kappa shape index (κ1) is 10.6. The minimum atomic E-state index is -0.148. The minimum Gasteiger partial charge on any atom is -0.330 e. The average molecular weight is 208 g/mol. The summed E-state index contributed by atoms with van der Waals surface area (Å²) in [5, 5.41) is 3.39. The summed E-state index contributed by atoms with van der Waals surface area (Å²) in [4.78, 5) is 0. The lowest BCUT2D eigenvalue weighted by Gasteiger charge is -2.16. The molecule has 3 N–H and O–H groups in total. The van der Waals surface area contributed by atoms with Gasteiger partial charge in [-0.2, -0.15) is 0 Å². The molecular formula is C12H17FN2. The molecule has 1 aliphatic carbocycles. The zero-order chi connectivity index (χ0) is 10.7. The Morgan fingerprint density at radius 2 is 2.13 bits per heavy atom. The lowest BCUT2D eigenvalue weighted by molar-refractivity contribution is 0.542. The van der Waals surface area contributed by atoms with Crippen LogP contribution in [0.1, 0.15) is 24.3 Å². The number of hydrogen-bond acceptors (Lipinski definition) is 2. The predicted molar refractivity (Wildman–Crippen MR) is 59.2 cm³/mol. The Bertz CT molecular complexity index is 323. The number of nitrogens with two attached hydrogens (primary N) is 1. The van der Waals surface area contributed by atoms with Crippen LogP contribution in [0, 0.1) is 5.82 Å². The monoisotopic (exact) mass is 208 g/mol. The fourth-order valence-corrected chi connectivity index (χ4v) is 1.72. The molecule has 1 aromatic carbocycles. The molecule has 0 aliphatic heterocycles. The van der Waals surface area contributed by atoms with Crippen molar-refractivity contribution in [2.45, 2.75) is 24.8 Å². The molecule has 0 radical (unpaired) electrons. The van der Waals surface area contributed by atoms with Crippen molar-refractivity contribution in [1.82, 2.24) is 5.32 Å². The van der Waals surface area contributed by atoms with E-state index in [0.29, 0.717) is 12.6 Å². The summed E-state index contributed by atoms with van der Waals surface area (Å²) in [6, 6.07) is 7.53. The van der Waals surface area contributed by atoms with E-state index in [9.17, 15) is 4.39 Å². The zero-order valence-corrected chi connectivity index (χ0v) is 8.75. The molecule has 0 heterocycles. The Morgan fingerprint density at radius 1 is 1.40 bits per heavy atom. The van der Waals surface area contributed by atoms with Gasteiger partial charge in [0.15, 0.2) is 0 Å². The molecule has 0 spiro atoms. The maximum atomic E-state index is 13.5. The van der Waals surface area contributed by atoms with Crippen LogP contribution in [0.5, 0.6) is 0 Å². The second-order valence-electron chi connectivity index (χ2n) is 4.14. The van der Waals surface area contributed by atoms with Crippen molar-refractivity contribution in [3.63, 3.8) is 0 Å². The molecule has 2 rings (SSSR count). The third kappa shape index (κ3) is 2.76. The molecule has 0 amide bonds. The topological polar surface area (TPSA) is 38.0 Å². The molecule has 1 atom stereocenters. The van der Waals surface area contributed by atoms with E-state index in [0.717, 1.165) is 12.1 Å². The van der Waals surface area contributed by atoms with Gasteiger partial charge in [0, 0.05) is 25.0 Å². The fraction of sp³-hybridized carbons (Fsp3) is 0.500. The number of nitrogens with one attached hydrogen (secondary N) is 1. The summed E-state index contributed by atoms with van der Waals surface area (Å²) in [7, 11) is 0. The summed E-state index contributed by atoms with van der Waals surface area (Å²) in [6.07, 6.45) is 2.49. The molecule has 2 nitrogen and oxygen atoms in total. The van der Waals surface area contributed by atoms with E-state index >= 15 is 0 Å². The van der Waals surface area contributed by atoms with Crippen molar-refractivity contribution in [2.24, 2.45) is 5.73 Å². The Hall–Kier alpha value is -0.930. The maximum absolute atomic E-state index is 13.5. The van der Waals surface area contributed by atoms with Crippen LogP contribution in [-0.4, -0.2) is 19.1 Å². The van der Waals surface area contributed by atoms with Gasteiger partial charge in [-0.3, -0.25) is 0 Å². The highest BCUT2D eigenvalue weighted by Crippen LogP contribution is 2.22. The summed E-state index contributed by atoms with van der Waals surface area (Å²) < 4.78 is 13.5. The molecule has 0 saturated heterocycles. The average Bonchev–Trinajstić information content (AvgIpc) is 3.05. The van der Waals surface area contributed by atoms with Gasteiger partial charge >= 0.3 is 0 Å². The van der Waals surface area contributed by atoms with Crippen molar-refractivity contribution < 1.29 is 4.39 Å². The molecule has 0 aromatic heterocycles. The van der Waals surface area contributed by atoms with Gasteiger partial charge in [-0.05, 0) is 24.5 Å². The number of benzene rings is 1. The standard InChI is InChI=1S/C12H17FN2/c13-12-4-2-1-3-11(12)9(7-14)8-15-10-5-6-10/h1-4,9-10,15H,5-8,14H2. The van der Waals surface area contributed by atoms with Gasteiger partial charge in [0.05, 0.1) is 0 Å². The first-order valence-electron chi connectivity index (χ1n) is 5.49. The van der Waals surface area contributed by atoms with Crippen LogP contribution < -0.4 is 11.1 Å². The SMILES string of the molecule is NCC(CNC1CC1)c1ccccc1F. The molecule has 82 valence electrons. The minimum absolute atomic E-state index is 0.0896. The van der Waals surface area contributed by atoms with Crippen LogP contribution in [0.15, 0.2) is 24.3 Å². The Kier molecular flexibility index (Phi) is 3.34. The van der Waals surface area contributed by atoms with Gasteiger partial charge < -0.3 is 11.1 Å². The quantitative estimate of drug-likeness (QED) is 0.771. The lowest BCUT2D eigenvalue weighted by Crippen LogP contribution is -2.28. The first-order valence-corrected chi connectivity index (χ1v) is 5.49. The zero-order valence-electron chi connectivity index (χ0n) is 8.75. The van der Waals surface area contributed by atoms with Crippen LogP contribution in [0.4, 0.5) is 4.39 Å². The van der Waals surface area contributed by atoms with Crippen LogP contribution in [0.3, 0.4) is 0 Å². The third-order valence-electron chi connectivity index (χ3n) is 2.86. The Morgan fingerprint density at radius 3 is 2.73 bits per heavy atom. The number of rotatable bonds is 5. The van der Waals surface area contributed by atoms with Crippen molar-refractivity contribution >= 4 is 0 Å². The lowest BCUT2D eigenvalue weighted by atomic mass is 9.98. The normalized spacial score (nSPS) is 17.7. The van der Waals surface area contributed by atoms with Gasteiger partial charge in [-0.1, -0.05) is 18.2 Å². The van der Waals surface area contributed by atoms with E-state index in [-0.39, 0.29) is 11.7 Å². The summed E-state index contributed by atoms with van der Waals surface area (Å²) >= 11 is 0. The molecule has 1 unspecified atom stereocenters. The number of hydrogen-bond donors (Lipinski definition) is 2. The molecule has 1 saturated carbocycles. The number of halogens is 1. The molecule has 0 bridgehead atoms. The van der Waals surface area contributed by atoms with Crippen LogP contribution in [0.2, 0.25) is 0 Å². The van der Waals surface area contributed by atoms with Crippen LogP contribution in [-0.2, 0) is 0 Å². The highest BCUT2D eigenvalue weighted by Gasteiger charge is 2.22. The second-order valence-corrected chi connectivity index (χ2v) is 4.14. The molecular weight excluding hydrogens is 191 g/mol. The van der Waals surface area contributed by atoms with Gasteiger partial charge in [0.1, 0.15) is 5.82 Å². The molecule has 15 heavy (non-hydrogen) atoms. The largest absolute Gasteiger partial charge is 0.330 e. The van der Waals surface area contributed by atoms with Gasteiger partial charge in [-0.15, -0.1) is 0 Å². The van der Waals surface area contributed by atoms with E-state index in [1.54, 1.807) is 6.07 Å². The van der Waals surface area contributed by atoms with Crippen LogP contribution >= 0.6 is 0 Å². The molecule has 3 heteroatoms. The smallest absolute Gasteiger partial charge is 0.126 e. The molecule has 1 fully saturated rings. The maximum Gasteiger partial charge on any atom is 0.126 e.